The van der Waals surface area contributed by atoms with Crippen molar-refractivity contribution < 1.29 is 9.53 Å². The van der Waals surface area contributed by atoms with Crippen molar-refractivity contribution in [2.45, 2.75) is 30.5 Å². The monoisotopic (exact) mass is 198 g/mol. The van der Waals surface area contributed by atoms with Crippen LogP contribution in [0.3, 0.4) is 0 Å². The zero-order valence-electron chi connectivity index (χ0n) is 6.69. The molecule has 0 heterocycles. The fraction of sp³-hybridized carbons (Fsp3) is 0.857. The number of halogens is 2. The first-order chi connectivity index (χ1) is 5.04. The van der Waals surface area contributed by atoms with E-state index in [1.165, 1.54) is 7.11 Å². The van der Waals surface area contributed by atoms with Gasteiger partial charge < -0.3 is 4.74 Å². The van der Waals surface area contributed by atoms with Crippen molar-refractivity contribution in [1.29, 1.82) is 0 Å². The Kier molecular flexibility index (Phi) is 4.86. The SMILES string of the molecule is CCCCC(Cl)(Cl)C(=O)OC. The van der Waals surface area contributed by atoms with Gasteiger partial charge in [-0.1, -0.05) is 43.0 Å². The fourth-order valence-electron chi connectivity index (χ4n) is 0.650. The molecule has 11 heavy (non-hydrogen) atoms. The lowest BCUT2D eigenvalue weighted by Crippen LogP contribution is -2.27. The summed E-state index contributed by atoms with van der Waals surface area (Å²) < 4.78 is 3.05. The lowest BCUT2D eigenvalue weighted by Gasteiger charge is -2.15. The molecule has 0 saturated heterocycles. The number of hydrogen-bond donors (Lipinski definition) is 0. The molecule has 0 unspecified atom stereocenters. The Morgan fingerprint density at radius 2 is 2.09 bits per heavy atom. The third-order valence-corrected chi connectivity index (χ3v) is 2.01. The van der Waals surface area contributed by atoms with Gasteiger partial charge in [0.25, 0.3) is 0 Å². The van der Waals surface area contributed by atoms with Crippen LogP contribution in [0.1, 0.15) is 26.2 Å². The van der Waals surface area contributed by atoms with Crippen molar-refractivity contribution in [3.8, 4) is 0 Å². The number of alkyl halides is 2. The number of methoxy groups -OCH3 is 1. The van der Waals surface area contributed by atoms with E-state index in [0.717, 1.165) is 12.8 Å². The summed E-state index contributed by atoms with van der Waals surface area (Å²) in [6.07, 6.45) is 2.22. The minimum Gasteiger partial charge on any atom is -0.467 e. The highest BCUT2D eigenvalue weighted by atomic mass is 35.5. The van der Waals surface area contributed by atoms with Gasteiger partial charge >= 0.3 is 5.97 Å². The van der Waals surface area contributed by atoms with Gasteiger partial charge in [-0.2, -0.15) is 0 Å². The smallest absolute Gasteiger partial charge is 0.342 e. The first-order valence-electron chi connectivity index (χ1n) is 3.51. The molecule has 0 N–H and O–H groups in total. The number of unbranched alkanes of at least 4 members (excludes halogenated alkanes) is 1. The maximum atomic E-state index is 10.9. The summed E-state index contributed by atoms with van der Waals surface area (Å²) in [6.45, 7) is 2.00. The van der Waals surface area contributed by atoms with Gasteiger partial charge in [0.1, 0.15) is 0 Å². The molecule has 0 aromatic rings. The molecule has 0 fully saturated rings. The van der Waals surface area contributed by atoms with E-state index in [1.54, 1.807) is 0 Å². The summed E-state index contributed by atoms with van der Waals surface area (Å²) in [5, 5.41) is 0. The topological polar surface area (TPSA) is 26.3 Å². The molecule has 0 rings (SSSR count). The number of carbonyl (C=O) groups is 1. The Hall–Kier alpha value is 0.0500. The molecular formula is C7H12Cl2O2. The molecule has 0 atom stereocenters. The van der Waals surface area contributed by atoms with E-state index in [4.69, 9.17) is 23.2 Å². The molecule has 0 aliphatic heterocycles. The zero-order valence-corrected chi connectivity index (χ0v) is 8.21. The molecule has 0 amide bonds. The average molecular weight is 199 g/mol. The van der Waals surface area contributed by atoms with Crippen LogP contribution in [0.2, 0.25) is 0 Å². The number of esters is 1. The molecule has 2 nitrogen and oxygen atoms in total. The van der Waals surface area contributed by atoms with Gasteiger partial charge in [0.2, 0.25) is 4.33 Å². The minimum atomic E-state index is -1.36. The molecule has 66 valence electrons. The maximum absolute atomic E-state index is 10.9. The first kappa shape index (κ1) is 11.1. The highest BCUT2D eigenvalue weighted by molar-refractivity contribution is 6.57. The largest absolute Gasteiger partial charge is 0.467 e. The summed E-state index contributed by atoms with van der Waals surface area (Å²) in [4.78, 5) is 10.9. The first-order valence-corrected chi connectivity index (χ1v) is 4.26. The van der Waals surface area contributed by atoms with Gasteiger partial charge in [-0.3, -0.25) is 0 Å². The van der Waals surface area contributed by atoms with E-state index < -0.39 is 10.3 Å². The van der Waals surface area contributed by atoms with Crippen molar-refractivity contribution in [3.63, 3.8) is 0 Å². The Labute approximate surface area is 76.8 Å². The van der Waals surface area contributed by atoms with Gasteiger partial charge in [0.15, 0.2) is 0 Å². The molecule has 0 aromatic carbocycles. The zero-order chi connectivity index (χ0) is 8.91. The van der Waals surface area contributed by atoms with Crippen molar-refractivity contribution in [2.75, 3.05) is 7.11 Å². The third-order valence-electron chi connectivity index (χ3n) is 1.33. The molecule has 0 spiro atoms. The highest BCUT2D eigenvalue weighted by Crippen LogP contribution is 2.28. The van der Waals surface area contributed by atoms with Crippen LogP contribution in [0, 0.1) is 0 Å². The number of ether oxygens (including phenoxy) is 1. The Bertz CT molecular complexity index is 134. The lowest BCUT2D eigenvalue weighted by atomic mass is 10.2. The van der Waals surface area contributed by atoms with E-state index in [1.807, 2.05) is 6.92 Å². The molecular weight excluding hydrogens is 187 g/mol. The van der Waals surface area contributed by atoms with Crippen LogP contribution in [0.15, 0.2) is 0 Å². The van der Waals surface area contributed by atoms with Crippen molar-refractivity contribution >= 4 is 29.2 Å². The Morgan fingerprint density at radius 3 is 2.45 bits per heavy atom. The van der Waals surface area contributed by atoms with Crippen LogP contribution >= 0.6 is 23.2 Å². The van der Waals surface area contributed by atoms with Crippen LogP contribution in [-0.2, 0) is 9.53 Å². The van der Waals surface area contributed by atoms with Crippen LogP contribution < -0.4 is 0 Å². The summed E-state index contributed by atoms with van der Waals surface area (Å²) >= 11 is 11.3. The molecule has 0 aliphatic carbocycles. The molecule has 0 aromatic heterocycles. The molecule has 0 saturated carbocycles. The average Bonchev–Trinajstić information content (AvgIpc) is 1.99. The Morgan fingerprint density at radius 1 is 1.55 bits per heavy atom. The maximum Gasteiger partial charge on any atom is 0.342 e. The Balaban J connectivity index is 3.88. The molecule has 0 bridgehead atoms. The minimum absolute atomic E-state index is 0.444. The molecule has 0 radical (unpaired) electrons. The van der Waals surface area contributed by atoms with Crippen LogP contribution in [0.4, 0.5) is 0 Å². The lowest BCUT2D eigenvalue weighted by molar-refractivity contribution is -0.141. The van der Waals surface area contributed by atoms with E-state index in [2.05, 4.69) is 4.74 Å². The highest BCUT2D eigenvalue weighted by Gasteiger charge is 2.33. The predicted molar refractivity (Wildman–Crippen MR) is 46.0 cm³/mol. The number of hydrogen-bond acceptors (Lipinski definition) is 2. The van der Waals surface area contributed by atoms with Gasteiger partial charge in [-0.05, 0) is 6.42 Å². The third kappa shape index (κ3) is 3.82. The predicted octanol–water partition coefficient (Wildman–Crippen LogP) is 2.52. The summed E-state index contributed by atoms with van der Waals surface area (Å²) in [5.41, 5.74) is 0. The summed E-state index contributed by atoms with van der Waals surface area (Å²) in [7, 11) is 1.27. The summed E-state index contributed by atoms with van der Waals surface area (Å²) in [5.74, 6) is -0.575. The number of rotatable bonds is 4. The van der Waals surface area contributed by atoms with Crippen LogP contribution in [0.5, 0.6) is 0 Å². The van der Waals surface area contributed by atoms with Crippen molar-refractivity contribution in [2.24, 2.45) is 0 Å². The van der Waals surface area contributed by atoms with E-state index in [0.29, 0.717) is 6.42 Å². The van der Waals surface area contributed by atoms with E-state index in [9.17, 15) is 4.79 Å². The van der Waals surface area contributed by atoms with Crippen LogP contribution in [-0.4, -0.2) is 17.4 Å². The quantitative estimate of drug-likeness (QED) is 0.513. The fourth-order valence-corrected chi connectivity index (χ4v) is 1.07. The number of carbonyl (C=O) groups excluding carboxylic acids is 1. The normalized spacial score (nSPS) is 11.3. The van der Waals surface area contributed by atoms with Gasteiger partial charge in [-0.25, -0.2) is 4.79 Å². The van der Waals surface area contributed by atoms with Crippen molar-refractivity contribution in [1.82, 2.24) is 0 Å². The second kappa shape index (κ2) is 4.83. The van der Waals surface area contributed by atoms with Crippen LogP contribution in [0.25, 0.3) is 0 Å². The molecule has 4 heteroatoms. The van der Waals surface area contributed by atoms with Crippen molar-refractivity contribution in [3.05, 3.63) is 0 Å². The van der Waals surface area contributed by atoms with Gasteiger partial charge in [-0.15, -0.1) is 0 Å². The van der Waals surface area contributed by atoms with Gasteiger partial charge in [0.05, 0.1) is 7.11 Å². The second-order valence-corrected chi connectivity index (χ2v) is 3.78. The molecule has 0 aliphatic rings. The van der Waals surface area contributed by atoms with E-state index in [-0.39, 0.29) is 0 Å². The standard InChI is InChI=1S/C7H12Cl2O2/c1-3-4-5-7(8,9)6(10)11-2/h3-5H2,1-2H3. The second-order valence-electron chi connectivity index (χ2n) is 2.30. The van der Waals surface area contributed by atoms with E-state index >= 15 is 0 Å². The summed E-state index contributed by atoms with van der Waals surface area (Å²) in [6, 6.07) is 0. The van der Waals surface area contributed by atoms with Gasteiger partial charge in [0, 0.05) is 0 Å².